The van der Waals surface area contributed by atoms with Crippen LogP contribution in [0.2, 0.25) is 0 Å². The van der Waals surface area contributed by atoms with E-state index in [4.69, 9.17) is 9.26 Å². The maximum Gasteiger partial charge on any atom is 0.293 e. The lowest BCUT2D eigenvalue weighted by Crippen LogP contribution is -2.09. The summed E-state index contributed by atoms with van der Waals surface area (Å²) in [6.07, 6.45) is 0.574. The van der Waals surface area contributed by atoms with E-state index in [2.05, 4.69) is 10.1 Å². The molecule has 5 heteroatoms. The average Bonchev–Trinajstić information content (AvgIpc) is 2.52. The summed E-state index contributed by atoms with van der Waals surface area (Å²) >= 11 is 0. The van der Waals surface area contributed by atoms with Gasteiger partial charge >= 0.3 is 0 Å². The number of carbonyl (C=O) groups is 1. The Morgan fingerprint density at radius 3 is 2.85 bits per heavy atom. The van der Waals surface area contributed by atoms with Crippen molar-refractivity contribution < 1.29 is 14.1 Å². The minimum atomic E-state index is -0.219. The Hall–Kier alpha value is -1.23. The van der Waals surface area contributed by atoms with Gasteiger partial charge < -0.3 is 9.26 Å². The van der Waals surface area contributed by atoms with Gasteiger partial charge in [0, 0.05) is 20.5 Å². The Balaban J connectivity index is 2.64. The first-order chi connectivity index (χ1) is 6.13. The van der Waals surface area contributed by atoms with Gasteiger partial charge in [0.25, 0.3) is 5.89 Å². The summed E-state index contributed by atoms with van der Waals surface area (Å²) < 4.78 is 9.72. The molecule has 1 rings (SSSR count). The van der Waals surface area contributed by atoms with Crippen molar-refractivity contribution in [1.29, 1.82) is 0 Å². The third-order valence-corrected chi connectivity index (χ3v) is 1.64. The predicted octanol–water partition coefficient (Wildman–Crippen LogP) is 0.850. The highest BCUT2D eigenvalue weighted by molar-refractivity contribution is 5.89. The molecule has 1 unspecified atom stereocenters. The zero-order valence-corrected chi connectivity index (χ0v) is 7.90. The van der Waals surface area contributed by atoms with Gasteiger partial charge in [-0.1, -0.05) is 5.16 Å². The lowest BCUT2D eigenvalue weighted by Gasteiger charge is -2.03. The van der Waals surface area contributed by atoms with Crippen LogP contribution in [0, 0.1) is 0 Å². The zero-order chi connectivity index (χ0) is 9.84. The maximum absolute atomic E-state index is 10.8. The molecule has 0 aliphatic heterocycles. The third kappa shape index (κ3) is 2.62. The van der Waals surface area contributed by atoms with Gasteiger partial charge in [-0.25, -0.2) is 0 Å². The predicted molar refractivity (Wildman–Crippen MR) is 44.5 cm³/mol. The molecule has 0 spiro atoms. The molecule has 0 aromatic carbocycles. The van der Waals surface area contributed by atoms with Crippen LogP contribution in [0.1, 0.15) is 30.4 Å². The first kappa shape index (κ1) is 9.85. The fourth-order valence-corrected chi connectivity index (χ4v) is 0.820. The van der Waals surface area contributed by atoms with Gasteiger partial charge in [0.05, 0.1) is 6.10 Å². The molecule has 0 aliphatic carbocycles. The van der Waals surface area contributed by atoms with Crippen LogP contribution >= 0.6 is 0 Å². The van der Waals surface area contributed by atoms with Crippen LogP contribution in [-0.2, 0) is 11.2 Å². The average molecular weight is 184 g/mol. The van der Waals surface area contributed by atoms with Crippen LogP contribution in [0.5, 0.6) is 0 Å². The number of Topliss-reactive ketones (excluding diaryl/α,β-unsaturated/α-hetero) is 1. The maximum atomic E-state index is 10.8. The standard InChI is InChI=1S/C8H12N2O3/c1-5(12-3)4-7-9-8(6(2)11)13-10-7/h5H,4H2,1-3H3. The highest BCUT2D eigenvalue weighted by atomic mass is 16.5. The second kappa shape index (κ2) is 4.13. The second-order valence-electron chi connectivity index (χ2n) is 2.82. The van der Waals surface area contributed by atoms with E-state index in [1.54, 1.807) is 7.11 Å². The Morgan fingerprint density at radius 1 is 1.69 bits per heavy atom. The van der Waals surface area contributed by atoms with Crippen LogP contribution in [0.4, 0.5) is 0 Å². The van der Waals surface area contributed by atoms with Crippen molar-refractivity contribution in [2.24, 2.45) is 0 Å². The van der Waals surface area contributed by atoms with Crippen LogP contribution in [0.15, 0.2) is 4.52 Å². The molecule has 1 heterocycles. The molecule has 0 aliphatic rings. The lowest BCUT2D eigenvalue weighted by molar-refractivity contribution is 0.0972. The molecule has 0 bridgehead atoms. The molecule has 1 atom stereocenters. The summed E-state index contributed by atoms with van der Waals surface area (Å²) in [5.41, 5.74) is 0. The Labute approximate surface area is 76.1 Å². The molecule has 72 valence electrons. The number of carbonyl (C=O) groups excluding carboxylic acids is 1. The van der Waals surface area contributed by atoms with Gasteiger partial charge in [0.1, 0.15) is 0 Å². The fraction of sp³-hybridized carbons (Fsp3) is 0.625. The highest BCUT2D eigenvalue weighted by Gasteiger charge is 2.12. The minimum absolute atomic E-state index is 0.0254. The Morgan fingerprint density at radius 2 is 2.38 bits per heavy atom. The largest absolute Gasteiger partial charge is 0.381 e. The van der Waals surface area contributed by atoms with E-state index in [1.807, 2.05) is 6.92 Å². The lowest BCUT2D eigenvalue weighted by atomic mass is 10.3. The van der Waals surface area contributed by atoms with E-state index in [-0.39, 0.29) is 17.8 Å². The molecule has 0 saturated carbocycles. The van der Waals surface area contributed by atoms with Crippen LogP contribution in [-0.4, -0.2) is 29.1 Å². The van der Waals surface area contributed by atoms with Gasteiger partial charge in [-0.2, -0.15) is 4.98 Å². The smallest absolute Gasteiger partial charge is 0.293 e. The summed E-state index contributed by atoms with van der Waals surface area (Å²) in [7, 11) is 1.61. The molecule has 5 nitrogen and oxygen atoms in total. The molecule has 0 radical (unpaired) electrons. The third-order valence-electron chi connectivity index (χ3n) is 1.64. The van der Waals surface area contributed by atoms with Gasteiger partial charge in [0.2, 0.25) is 5.78 Å². The first-order valence-corrected chi connectivity index (χ1v) is 3.99. The number of aromatic nitrogens is 2. The van der Waals surface area contributed by atoms with Crippen molar-refractivity contribution in [1.82, 2.24) is 10.1 Å². The fourth-order valence-electron chi connectivity index (χ4n) is 0.820. The van der Waals surface area contributed by atoms with Crippen molar-refractivity contribution >= 4 is 5.78 Å². The number of hydrogen-bond donors (Lipinski definition) is 0. The molecule has 1 aromatic heterocycles. The van der Waals surface area contributed by atoms with E-state index < -0.39 is 0 Å². The number of ether oxygens (including phenoxy) is 1. The first-order valence-electron chi connectivity index (χ1n) is 3.99. The van der Waals surface area contributed by atoms with Crippen molar-refractivity contribution in [3.05, 3.63) is 11.7 Å². The molecule has 1 aromatic rings. The monoisotopic (exact) mass is 184 g/mol. The summed E-state index contributed by atoms with van der Waals surface area (Å²) in [6, 6.07) is 0. The Kier molecular flexibility index (Phi) is 3.13. The van der Waals surface area contributed by atoms with Crippen LogP contribution in [0.3, 0.4) is 0 Å². The Bertz CT molecular complexity index is 295. The normalized spacial score (nSPS) is 12.8. The summed E-state index contributed by atoms with van der Waals surface area (Å²) in [5.74, 6) is 0.335. The summed E-state index contributed by atoms with van der Waals surface area (Å²) in [6.45, 7) is 3.28. The van der Waals surface area contributed by atoms with Gasteiger partial charge in [-0.15, -0.1) is 0 Å². The number of methoxy groups -OCH3 is 1. The van der Waals surface area contributed by atoms with E-state index in [0.29, 0.717) is 12.2 Å². The quantitative estimate of drug-likeness (QED) is 0.649. The van der Waals surface area contributed by atoms with Crippen molar-refractivity contribution in [2.75, 3.05) is 7.11 Å². The minimum Gasteiger partial charge on any atom is -0.381 e. The van der Waals surface area contributed by atoms with E-state index >= 15 is 0 Å². The van der Waals surface area contributed by atoms with Gasteiger partial charge in [-0.05, 0) is 6.92 Å². The van der Waals surface area contributed by atoms with Gasteiger partial charge in [0.15, 0.2) is 5.82 Å². The molecule has 0 amide bonds. The van der Waals surface area contributed by atoms with E-state index in [9.17, 15) is 4.79 Å². The molecule has 0 fully saturated rings. The topological polar surface area (TPSA) is 65.2 Å². The molecule has 0 N–H and O–H groups in total. The SMILES string of the molecule is COC(C)Cc1noc(C(C)=O)n1. The van der Waals surface area contributed by atoms with Crippen LogP contribution in [0.25, 0.3) is 0 Å². The zero-order valence-electron chi connectivity index (χ0n) is 7.90. The summed E-state index contributed by atoms with van der Waals surface area (Å²) in [5, 5.41) is 3.64. The highest BCUT2D eigenvalue weighted by Crippen LogP contribution is 2.02. The van der Waals surface area contributed by atoms with Crippen molar-refractivity contribution in [3.63, 3.8) is 0 Å². The molecule has 0 saturated heterocycles. The number of ketones is 1. The van der Waals surface area contributed by atoms with E-state index in [1.165, 1.54) is 6.92 Å². The molecular formula is C8H12N2O3. The van der Waals surface area contributed by atoms with Crippen molar-refractivity contribution in [2.45, 2.75) is 26.4 Å². The summed E-state index contributed by atoms with van der Waals surface area (Å²) in [4.78, 5) is 14.7. The van der Waals surface area contributed by atoms with Crippen molar-refractivity contribution in [3.8, 4) is 0 Å². The molecular weight excluding hydrogens is 172 g/mol. The van der Waals surface area contributed by atoms with E-state index in [0.717, 1.165) is 0 Å². The number of hydrogen-bond acceptors (Lipinski definition) is 5. The van der Waals surface area contributed by atoms with Gasteiger partial charge in [-0.3, -0.25) is 4.79 Å². The second-order valence-corrected chi connectivity index (χ2v) is 2.82. The van der Waals surface area contributed by atoms with Crippen LogP contribution < -0.4 is 0 Å². The number of rotatable bonds is 4. The number of nitrogens with zero attached hydrogens (tertiary/aromatic N) is 2. The molecule has 13 heavy (non-hydrogen) atoms.